The van der Waals surface area contributed by atoms with Crippen LogP contribution in [0.3, 0.4) is 0 Å². The first-order valence-electron chi connectivity index (χ1n) is 11.1. The summed E-state index contributed by atoms with van der Waals surface area (Å²) >= 11 is 0. The van der Waals surface area contributed by atoms with E-state index in [2.05, 4.69) is 46.3 Å². The number of rotatable bonds is 8. The molecule has 1 amide bonds. The Morgan fingerprint density at radius 2 is 1.82 bits per heavy atom. The van der Waals surface area contributed by atoms with Crippen molar-refractivity contribution in [2.45, 2.75) is 52.0 Å². The van der Waals surface area contributed by atoms with Gasteiger partial charge in [-0.15, -0.1) is 0 Å². The zero-order chi connectivity index (χ0) is 19.8. The summed E-state index contributed by atoms with van der Waals surface area (Å²) in [5, 5.41) is 3.12. The lowest BCUT2D eigenvalue weighted by Crippen LogP contribution is -2.47. The Balaban J connectivity index is 1.31. The van der Waals surface area contributed by atoms with Crippen molar-refractivity contribution in [1.29, 1.82) is 0 Å². The fourth-order valence-corrected chi connectivity index (χ4v) is 4.56. The van der Waals surface area contributed by atoms with E-state index in [0.29, 0.717) is 12.6 Å². The lowest BCUT2D eigenvalue weighted by molar-refractivity contribution is -0.126. The summed E-state index contributed by atoms with van der Waals surface area (Å²) in [6.45, 7) is 10.7. The van der Waals surface area contributed by atoms with Crippen LogP contribution in [0.4, 0.5) is 5.69 Å². The molecule has 0 bridgehead atoms. The van der Waals surface area contributed by atoms with Crippen LogP contribution in [0.1, 0.15) is 44.6 Å². The van der Waals surface area contributed by atoms with E-state index in [1.807, 2.05) is 6.92 Å². The lowest BCUT2D eigenvalue weighted by Gasteiger charge is -2.38. The topological polar surface area (TPSA) is 44.8 Å². The summed E-state index contributed by atoms with van der Waals surface area (Å²) in [5.41, 5.74) is 2.77. The number of ether oxygens (including phenoxy) is 1. The average molecular weight is 388 g/mol. The summed E-state index contributed by atoms with van der Waals surface area (Å²) in [6.07, 6.45) is 6.00. The van der Waals surface area contributed by atoms with Crippen molar-refractivity contribution in [3.63, 3.8) is 0 Å². The van der Waals surface area contributed by atoms with Gasteiger partial charge in [-0.25, -0.2) is 0 Å². The third-order valence-electron chi connectivity index (χ3n) is 6.33. The van der Waals surface area contributed by atoms with Gasteiger partial charge in [0.25, 0.3) is 0 Å². The van der Waals surface area contributed by atoms with Crippen molar-refractivity contribution in [2.75, 3.05) is 50.8 Å². The molecule has 0 spiro atoms. The van der Waals surface area contributed by atoms with Gasteiger partial charge in [0.1, 0.15) is 6.61 Å². The molecule has 5 nitrogen and oxygen atoms in total. The second-order valence-corrected chi connectivity index (χ2v) is 8.33. The molecule has 28 heavy (non-hydrogen) atoms. The maximum absolute atomic E-state index is 11.8. The molecule has 1 aliphatic carbocycles. The Kier molecular flexibility index (Phi) is 8.16. The molecule has 0 unspecified atom stereocenters. The fraction of sp³-hybridized carbons (Fsp3) is 0.696. The van der Waals surface area contributed by atoms with Crippen molar-refractivity contribution < 1.29 is 9.53 Å². The maximum atomic E-state index is 11.8. The SMILES string of the molecule is CCOCC(=O)NC1CCC(CCN2CCN(c3ccccc3C)CC2)CC1. The number of nitrogens with one attached hydrogen (secondary N) is 1. The Labute approximate surface area is 170 Å². The van der Waals surface area contributed by atoms with Crippen LogP contribution in [0, 0.1) is 12.8 Å². The normalized spacial score (nSPS) is 23.6. The highest BCUT2D eigenvalue weighted by atomic mass is 16.5. The summed E-state index contributed by atoms with van der Waals surface area (Å²) in [7, 11) is 0. The van der Waals surface area contributed by atoms with E-state index < -0.39 is 0 Å². The number of anilines is 1. The van der Waals surface area contributed by atoms with E-state index in [1.54, 1.807) is 0 Å². The van der Waals surface area contributed by atoms with Crippen LogP contribution in [-0.4, -0.2) is 62.8 Å². The van der Waals surface area contributed by atoms with E-state index >= 15 is 0 Å². The van der Waals surface area contributed by atoms with Gasteiger partial charge in [-0.05, 0) is 70.0 Å². The molecular formula is C23H37N3O2. The molecule has 156 valence electrons. The monoisotopic (exact) mass is 387 g/mol. The fourth-order valence-electron chi connectivity index (χ4n) is 4.56. The largest absolute Gasteiger partial charge is 0.372 e. The predicted octanol–water partition coefficient (Wildman–Crippen LogP) is 3.22. The molecule has 1 saturated carbocycles. The van der Waals surface area contributed by atoms with E-state index in [4.69, 9.17) is 4.74 Å². The molecule has 1 N–H and O–H groups in total. The Bertz CT molecular complexity index is 606. The average Bonchev–Trinajstić information content (AvgIpc) is 2.72. The summed E-state index contributed by atoms with van der Waals surface area (Å²) in [4.78, 5) is 16.9. The summed E-state index contributed by atoms with van der Waals surface area (Å²) in [5.74, 6) is 0.853. The van der Waals surface area contributed by atoms with Crippen LogP contribution in [0.5, 0.6) is 0 Å². The van der Waals surface area contributed by atoms with Gasteiger partial charge in [0, 0.05) is 44.5 Å². The highest BCUT2D eigenvalue weighted by molar-refractivity contribution is 5.77. The minimum atomic E-state index is 0.0387. The van der Waals surface area contributed by atoms with Crippen LogP contribution in [0.2, 0.25) is 0 Å². The molecular weight excluding hydrogens is 350 g/mol. The predicted molar refractivity (Wildman–Crippen MR) is 115 cm³/mol. The van der Waals surface area contributed by atoms with Gasteiger partial charge >= 0.3 is 0 Å². The lowest BCUT2D eigenvalue weighted by atomic mass is 9.84. The third kappa shape index (κ3) is 6.21. The van der Waals surface area contributed by atoms with Gasteiger partial charge in [-0.1, -0.05) is 18.2 Å². The number of carbonyl (C=O) groups excluding carboxylic acids is 1. The number of aryl methyl sites for hydroxylation is 1. The summed E-state index contributed by atoms with van der Waals surface area (Å²) in [6, 6.07) is 9.06. The summed E-state index contributed by atoms with van der Waals surface area (Å²) < 4.78 is 5.18. The molecule has 5 heteroatoms. The van der Waals surface area contributed by atoms with Crippen molar-refractivity contribution in [3.8, 4) is 0 Å². The Hall–Kier alpha value is -1.59. The smallest absolute Gasteiger partial charge is 0.246 e. The van der Waals surface area contributed by atoms with E-state index in [0.717, 1.165) is 44.9 Å². The number of piperazine rings is 1. The van der Waals surface area contributed by atoms with Crippen molar-refractivity contribution in [1.82, 2.24) is 10.2 Å². The van der Waals surface area contributed by atoms with Gasteiger partial charge in [0.2, 0.25) is 5.91 Å². The number of carbonyl (C=O) groups is 1. The number of hydrogen-bond acceptors (Lipinski definition) is 4. The number of nitrogens with zero attached hydrogens (tertiary/aromatic N) is 2. The van der Waals surface area contributed by atoms with Crippen molar-refractivity contribution in [3.05, 3.63) is 29.8 Å². The molecule has 0 aromatic heterocycles. The molecule has 1 aliphatic heterocycles. The molecule has 1 saturated heterocycles. The Morgan fingerprint density at radius 3 is 2.50 bits per heavy atom. The standard InChI is InChI=1S/C23H37N3O2/c1-3-28-18-23(27)24-21-10-8-20(9-11-21)12-13-25-14-16-26(17-15-25)22-7-5-4-6-19(22)2/h4-7,20-21H,3,8-18H2,1-2H3,(H,24,27). The van der Waals surface area contributed by atoms with Crippen molar-refractivity contribution >= 4 is 11.6 Å². The van der Waals surface area contributed by atoms with E-state index in [1.165, 1.54) is 37.1 Å². The first kappa shape index (κ1) is 21.1. The van der Waals surface area contributed by atoms with Crippen LogP contribution >= 0.6 is 0 Å². The van der Waals surface area contributed by atoms with E-state index in [-0.39, 0.29) is 12.5 Å². The first-order valence-corrected chi connectivity index (χ1v) is 11.1. The molecule has 2 aliphatic rings. The molecule has 1 aromatic rings. The third-order valence-corrected chi connectivity index (χ3v) is 6.33. The van der Waals surface area contributed by atoms with Crippen LogP contribution in [0.15, 0.2) is 24.3 Å². The zero-order valence-electron chi connectivity index (χ0n) is 17.7. The van der Waals surface area contributed by atoms with Crippen LogP contribution in [0.25, 0.3) is 0 Å². The quantitative estimate of drug-likeness (QED) is 0.744. The number of amides is 1. The van der Waals surface area contributed by atoms with Crippen LogP contribution in [-0.2, 0) is 9.53 Å². The molecule has 0 atom stereocenters. The van der Waals surface area contributed by atoms with Gasteiger partial charge < -0.3 is 15.0 Å². The van der Waals surface area contributed by atoms with Crippen molar-refractivity contribution in [2.24, 2.45) is 5.92 Å². The second kappa shape index (κ2) is 10.8. The highest BCUT2D eigenvalue weighted by Gasteiger charge is 2.24. The Morgan fingerprint density at radius 1 is 1.11 bits per heavy atom. The molecule has 2 fully saturated rings. The van der Waals surface area contributed by atoms with Crippen LogP contribution < -0.4 is 10.2 Å². The first-order chi connectivity index (χ1) is 13.7. The van der Waals surface area contributed by atoms with Gasteiger partial charge in [-0.3, -0.25) is 9.69 Å². The maximum Gasteiger partial charge on any atom is 0.246 e. The van der Waals surface area contributed by atoms with E-state index in [9.17, 15) is 4.79 Å². The van der Waals surface area contributed by atoms with Gasteiger partial charge in [0.05, 0.1) is 0 Å². The molecule has 3 rings (SSSR count). The highest BCUT2D eigenvalue weighted by Crippen LogP contribution is 2.27. The molecule has 1 heterocycles. The van der Waals surface area contributed by atoms with Gasteiger partial charge in [0.15, 0.2) is 0 Å². The number of para-hydroxylation sites is 1. The number of hydrogen-bond donors (Lipinski definition) is 1. The number of benzene rings is 1. The minimum absolute atomic E-state index is 0.0387. The molecule has 1 aromatic carbocycles. The minimum Gasteiger partial charge on any atom is -0.372 e. The van der Waals surface area contributed by atoms with Gasteiger partial charge in [-0.2, -0.15) is 0 Å². The molecule has 0 radical (unpaired) electrons. The second-order valence-electron chi connectivity index (χ2n) is 8.33. The zero-order valence-corrected chi connectivity index (χ0v) is 17.7.